The first-order valence-corrected chi connectivity index (χ1v) is 6.58. The maximum absolute atomic E-state index is 11.7. The number of carbonyl (C=O) groups is 1. The largest absolute Gasteiger partial charge is 0.351 e. The Hall–Kier alpha value is -1.60. The lowest BCUT2D eigenvalue weighted by atomic mass is 10.2. The number of nitro groups is 1. The summed E-state index contributed by atoms with van der Waals surface area (Å²) >= 11 is 1.28. The Balaban J connectivity index is 2.87. The Morgan fingerprint density at radius 3 is 2.72 bits per heavy atom. The minimum Gasteiger partial charge on any atom is -0.351 e. The number of nitrogens with zero attached hydrogens (tertiary/aromatic N) is 1. The zero-order valence-electron chi connectivity index (χ0n) is 10.2. The van der Waals surface area contributed by atoms with Crippen molar-refractivity contribution >= 4 is 23.4 Å². The van der Waals surface area contributed by atoms with Crippen molar-refractivity contribution in [1.29, 1.82) is 0 Å². The zero-order chi connectivity index (χ0) is 13.5. The standard InChI is InChI=1S/C11H15N3O3S/c1-12-5-6-13-11(15)8-3-4-10(18-2)9(7-8)14(16)17/h3-4,7,12H,5-6H2,1-2H3,(H,13,15). The number of thioether (sulfide) groups is 1. The quantitative estimate of drug-likeness (QED) is 0.351. The molecule has 1 aromatic carbocycles. The third-order valence-electron chi connectivity index (χ3n) is 2.30. The minimum absolute atomic E-state index is 0.0382. The number of nitrogens with one attached hydrogen (secondary N) is 2. The molecule has 0 spiro atoms. The molecular formula is C11H15N3O3S. The van der Waals surface area contributed by atoms with Crippen LogP contribution in [0.4, 0.5) is 5.69 Å². The first-order chi connectivity index (χ1) is 8.60. The van der Waals surface area contributed by atoms with E-state index in [1.165, 1.54) is 17.8 Å². The number of likely N-dealkylation sites (N-methyl/N-ethyl adjacent to an activating group) is 1. The summed E-state index contributed by atoms with van der Waals surface area (Å²) in [5.74, 6) is -0.305. The van der Waals surface area contributed by atoms with Gasteiger partial charge in [0, 0.05) is 24.7 Å². The van der Waals surface area contributed by atoms with Gasteiger partial charge in [0.25, 0.3) is 11.6 Å². The monoisotopic (exact) mass is 269 g/mol. The van der Waals surface area contributed by atoms with Gasteiger partial charge in [-0.3, -0.25) is 14.9 Å². The molecule has 0 radical (unpaired) electrons. The SMILES string of the molecule is CNCCNC(=O)c1ccc(SC)c([N+](=O)[O-])c1. The molecule has 0 saturated heterocycles. The van der Waals surface area contributed by atoms with E-state index in [1.807, 2.05) is 0 Å². The predicted octanol–water partition coefficient (Wildman–Crippen LogP) is 1.27. The summed E-state index contributed by atoms with van der Waals surface area (Å²) in [7, 11) is 1.78. The molecule has 0 unspecified atom stereocenters. The average Bonchev–Trinajstić information content (AvgIpc) is 2.38. The number of nitro benzene ring substituents is 1. The second kappa shape index (κ2) is 6.97. The van der Waals surface area contributed by atoms with E-state index in [1.54, 1.807) is 25.4 Å². The molecule has 18 heavy (non-hydrogen) atoms. The molecule has 0 bridgehead atoms. The fourth-order valence-corrected chi connectivity index (χ4v) is 1.92. The molecule has 6 nitrogen and oxygen atoms in total. The van der Waals surface area contributed by atoms with E-state index < -0.39 is 4.92 Å². The molecule has 1 amide bonds. The van der Waals surface area contributed by atoms with E-state index in [9.17, 15) is 14.9 Å². The van der Waals surface area contributed by atoms with Crippen molar-refractivity contribution in [1.82, 2.24) is 10.6 Å². The second-order valence-electron chi connectivity index (χ2n) is 3.50. The van der Waals surface area contributed by atoms with Gasteiger partial charge >= 0.3 is 0 Å². The van der Waals surface area contributed by atoms with Gasteiger partial charge in [-0.15, -0.1) is 11.8 Å². The molecule has 0 fully saturated rings. The van der Waals surface area contributed by atoms with Crippen molar-refractivity contribution in [2.24, 2.45) is 0 Å². The summed E-state index contributed by atoms with van der Waals surface area (Å²) in [4.78, 5) is 22.7. The lowest BCUT2D eigenvalue weighted by Gasteiger charge is -2.06. The lowest BCUT2D eigenvalue weighted by Crippen LogP contribution is -2.30. The van der Waals surface area contributed by atoms with Crippen LogP contribution in [0.5, 0.6) is 0 Å². The molecule has 1 rings (SSSR count). The van der Waals surface area contributed by atoms with Gasteiger partial charge in [0.2, 0.25) is 0 Å². The van der Waals surface area contributed by atoms with Crippen molar-refractivity contribution in [3.8, 4) is 0 Å². The lowest BCUT2D eigenvalue weighted by molar-refractivity contribution is -0.387. The Labute approximate surface area is 109 Å². The van der Waals surface area contributed by atoms with Crippen LogP contribution in [0.1, 0.15) is 10.4 Å². The third-order valence-corrected chi connectivity index (χ3v) is 3.08. The molecule has 0 aliphatic carbocycles. The molecule has 0 aromatic heterocycles. The molecule has 0 aliphatic rings. The minimum atomic E-state index is -0.476. The molecule has 0 saturated carbocycles. The molecule has 7 heteroatoms. The van der Waals surface area contributed by atoms with Crippen molar-refractivity contribution in [3.05, 3.63) is 33.9 Å². The highest BCUT2D eigenvalue weighted by Gasteiger charge is 2.16. The Morgan fingerprint density at radius 1 is 1.44 bits per heavy atom. The maximum Gasteiger partial charge on any atom is 0.283 e. The molecule has 98 valence electrons. The number of rotatable bonds is 6. The molecular weight excluding hydrogens is 254 g/mol. The van der Waals surface area contributed by atoms with Crippen LogP contribution in [0.25, 0.3) is 0 Å². The van der Waals surface area contributed by atoms with E-state index in [2.05, 4.69) is 10.6 Å². The Kier molecular flexibility index (Phi) is 5.60. The molecule has 0 aliphatic heterocycles. The normalized spacial score (nSPS) is 10.1. The van der Waals surface area contributed by atoms with Crippen LogP contribution < -0.4 is 10.6 Å². The van der Waals surface area contributed by atoms with Gasteiger partial charge in [0.1, 0.15) is 0 Å². The Bertz CT molecular complexity index is 451. The van der Waals surface area contributed by atoms with Gasteiger partial charge in [0.15, 0.2) is 0 Å². The van der Waals surface area contributed by atoms with Crippen LogP contribution in [0.15, 0.2) is 23.1 Å². The predicted molar refractivity (Wildman–Crippen MR) is 71.1 cm³/mol. The smallest absolute Gasteiger partial charge is 0.283 e. The van der Waals surface area contributed by atoms with Gasteiger partial charge in [-0.25, -0.2) is 0 Å². The fraction of sp³-hybridized carbons (Fsp3) is 0.364. The highest BCUT2D eigenvalue weighted by molar-refractivity contribution is 7.98. The van der Waals surface area contributed by atoms with Crippen LogP contribution in [-0.2, 0) is 0 Å². The average molecular weight is 269 g/mol. The topological polar surface area (TPSA) is 84.3 Å². The van der Waals surface area contributed by atoms with Crippen molar-refractivity contribution < 1.29 is 9.72 Å². The van der Waals surface area contributed by atoms with Crippen molar-refractivity contribution in [3.63, 3.8) is 0 Å². The first-order valence-electron chi connectivity index (χ1n) is 5.35. The number of amides is 1. The van der Waals surface area contributed by atoms with Crippen LogP contribution in [0.2, 0.25) is 0 Å². The second-order valence-corrected chi connectivity index (χ2v) is 4.35. The molecule has 0 heterocycles. The summed E-state index contributed by atoms with van der Waals surface area (Å²) in [5, 5.41) is 16.4. The van der Waals surface area contributed by atoms with Crippen LogP contribution in [0, 0.1) is 10.1 Å². The number of carbonyl (C=O) groups excluding carboxylic acids is 1. The summed E-state index contributed by atoms with van der Waals surface area (Å²) in [6, 6.07) is 4.49. The summed E-state index contributed by atoms with van der Waals surface area (Å²) in [6.07, 6.45) is 1.76. The molecule has 1 aromatic rings. The van der Waals surface area contributed by atoms with E-state index >= 15 is 0 Å². The number of hydrogen-bond donors (Lipinski definition) is 2. The Morgan fingerprint density at radius 2 is 2.17 bits per heavy atom. The van der Waals surface area contributed by atoms with Gasteiger partial charge < -0.3 is 10.6 Å². The van der Waals surface area contributed by atoms with Gasteiger partial charge in [-0.2, -0.15) is 0 Å². The summed E-state index contributed by atoms with van der Waals surface area (Å²) < 4.78 is 0. The van der Waals surface area contributed by atoms with E-state index in [0.717, 1.165) is 0 Å². The van der Waals surface area contributed by atoms with E-state index in [-0.39, 0.29) is 11.6 Å². The molecule has 0 atom stereocenters. The first kappa shape index (κ1) is 14.5. The number of benzene rings is 1. The van der Waals surface area contributed by atoms with Crippen LogP contribution in [-0.4, -0.2) is 37.2 Å². The van der Waals surface area contributed by atoms with Crippen molar-refractivity contribution in [2.75, 3.05) is 26.4 Å². The van der Waals surface area contributed by atoms with E-state index in [4.69, 9.17) is 0 Å². The van der Waals surface area contributed by atoms with Gasteiger partial charge in [-0.05, 0) is 25.4 Å². The fourth-order valence-electron chi connectivity index (χ4n) is 1.38. The van der Waals surface area contributed by atoms with Gasteiger partial charge in [0.05, 0.1) is 9.82 Å². The maximum atomic E-state index is 11.7. The third kappa shape index (κ3) is 3.71. The van der Waals surface area contributed by atoms with Crippen molar-refractivity contribution in [2.45, 2.75) is 4.90 Å². The van der Waals surface area contributed by atoms with Crippen LogP contribution >= 0.6 is 11.8 Å². The summed E-state index contributed by atoms with van der Waals surface area (Å²) in [6.45, 7) is 1.13. The zero-order valence-corrected chi connectivity index (χ0v) is 11.0. The number of hydrogen-bond acceptors (Lipinski definition) is 5. The highest BCUT2D eigenvalue weighted by atomic mass is 32.2. The van der Waals surface area contributed by atoms with Gasteiger partial charge in [-0.1, -0.05) is 0 Å². The summed E-state index contributed by atoms with van der Waals surface area (Å²) in [5.41, 5.74) is 0.263. The van der Waals surface area contributed by atoms with E-state index in [0.29, 0.717) is 23.5 Å². The van der Waals surface area contributed by atoms with Crippen LogP contribution in [0.3, 0.4) is 0 Å². The molecule has 2 N–H and O–H groups in total. The highest BCUT2D eigenvalue weighted by Crippen LogP contribution is 2.28.